The molecule has 20 heavy (non-hydrogen) atoms. The molecule has 0 saturated carbocycles. The van der Waals surface area contributed by atoms with Gasteiger partial charge in [-0.1, -0.05) is 13.8 Å². The lowest BCUT2D eigenvalue weighted by Gasteiger charge is -2.23. The number of carbonyl (C=O) groups is 1. The summed E-state index contributed by atoms with van der Waals surface area (Å²) in [6.07, 6.45) is 0. The lowest BCUT2D eigenvalue weighted by atomic mass is 10.1. The molecule has 0 aromatic carbocycles. The lowest BCUT2D eigenvalue weighted by Crippen LogP contribution is -2.39. The van der Waals surface area contributed by atoms with E-state index in [1.54, 1.807) is 20.2 Å². The summed E-state index contributed by atoms with van der Waals surface area (Å²) in [6.45, 7) is 8.42. The Bertz CT molecular complexity index is 470. The second-order valence-corrected chi connectivity index (χ2v) is 5.72. The first-order chi connectivity index (χ1) is 9.29. The molecule has 0 atom stereocenters. The quantitative estimate of drug-likeness (QED) is 0.839. The van der Waals surface area contributed by atoms with Gasteiger partial charge >= 0.3 is 0 Å². The summed E-state index contributed by atoms with van der Waals surface area (Å²) in [4.78, 5) is 16.7. The topological polar surface area (TPSA) is 63.2 Å². The zero-order valence-corrected chi connectivity index (χ0v) is 13.2. The maximum atomic E-state index is 12.2. The van der Waals surface area contributed by atoms with Crippen LogP contribution in [0.5, 0.6) is 0 Å². The van der Waals surface area contributed by atoms with Crippen molar-refractivity contribution in [3.63, 3.8) is 0 Å². The molecule has 0 unspecified atom stereocenters. The van der Waals surface area contributed by atoms with Gasteiger partial charge in [0, 0.05) is 32.0 Å². The molecule has 0 bridgehead atoms. The van der Waals surface area contributed by atoms with Gasteiger partial charge in [0.15, 0.2) is 0 Å². The fourth-order valence-electron chi connectivity index (χ4n) is 1.57. The van der Waals surface area contributed by atoms with Gasteiger partial charge in [0.25, 0.3) is 5.91 Å². The minimum atomic E-state index is -0.380. The number of carbonyl (C=O) groups excluding carboxylic acids is 1. The van der Waals surface area contributed by atoms with Crippen molar-refractivity contribution < 1.29 is 9.53 Å². The molecule has 1 aromatic rings. The van der Waals surface area contributed by atoms with Gasteiger partial charge in [-0.25, -0.2) is 4.98 Å². The molecule has 5 heteroatoms. The number of nitrogens with zero attached hydrogens (tertiary/aromatic N) is 1. The van der Waals surface area contributed by atoms with E-state index in [4.69, 9.17) is 4.74 Å². The van der Waals surface area contributed by atoms with E-state index in [0.29, 0.717) is 17.9 Å². The van der Waals surface area contributed by atoms with E-state index in [0.717, 1.165) is 5.69 Å². The van der Waals surface area contributed by atoms with Crippen LogP contribution in [-0.2, 0) is 4.74 Å². The van der Waals surface area contributed by atoms with Gasteiger partial charge in [-0.15, -0.1) is 0 Å². The third-order valence-corrected chi connectivity index (χ3v) is 3.18. The van der Waals surface area contributed by atoms with E-state index in [9.17, 15) is 4.79 Å². The Hall–Kier alpha value is -1.62. The monoisotopic (exact) mass is 279 g/mol. The number of pyridine rings is 1. The van der Waals surface area contributed by atoms with Crippen molar-refractivity contribution in [2.24, 2.45) is 0 Å². The number of hydrogen-bond donors (Lipinski definition) is 2. The number of amides is 1. The summed E-state index contributed by atoms with van der Waals surface area (Å²) in [5.74, 6) is 0.855. The number of rotatable bonds is 6. The van der Waals surface area contributed by atoms with Gasteiger partial charge in [-0.05, 0) is 31.9 Å². The van der Waals surface area contributed by atoms with Crippen molar-refractivity contribution >= 4 is 11.7 Å². The molecular weight excluding hydrogens is 254 g/mol. The second kappa shape index (κ2) is 6.70. The third-order valence-electron chi connectivity index (χ3n) is 3.18. The molecule has 0 aliphatic heterocycles. The van der Waals surface area contributed by atoms with Crippen LogP contribution in [0.1, 0.15) is 49.7 Å². The average molecular weight is 279 g/mol. The van der Waals surface area contributed by atoms with Crippen LogP contribution in [0, 0.1) is 0 Å². The number of anilines is 1. The van der Waals surface area contributed by atoms with Crippen LogP contribution >= 0.6 is 0 Å². The van der Waals surface area contributed by atoms with Crippen molar-refractivity contribution in [1.29, 1.82) is 0 Å². The van der Waals surface area contributed by atoms with E-state index >= 15 is 0 Å². The summed E-state index contributed by atoms with van der Waals surface area (Å²) in [6, 6.07) is 3.58. The third kappa shape index (κ3) is 4.49. The smallest absolute Gasteiger partial charge is 0.251 e. The zero-order valence-electron chi connectivity index (χ0n) is 13.2. The first-order valence-corrected chi connectivity index (χ1v) is 6.82. The average Bonchev–Trinajstić information content (AvgIpc) is 2.44. The van der Waals surface area contributed by atoms with Gasteiger partial charge in [-0.3, -0.25) is 4.79 Å². The molecule has 0 aliphatic carbocycles. The summed E-state index contributed by atoms with van der Waals surface area (Å²) in [7, 11) is 3.43. The van der Waals surface area contributed by atoms with Crippen molar-refractivity contribution in [2.75, 3.05) is 26.0 Å². The fraction of sp³-hybridized carbons (Fsp3) is 0.600. The van der Waals surface area contributed by atoms with E-state index in [-0.39, 0.29) is 17.4 Å². The number of methoxy groups -OCH3 is 1. The summed E-state index contributed by atoms with van der Waals surface area (Å²) in [5.41, 5.74) is 1.13. The molecule has 0 fully saturated rings. The first kappa shape index (κ1) is 16.4. The molecule has 1 heterocycles. The molecular formula is C15H25N3O2. The fourth-order valence-corrected chi connectivity index (χ4v) is 1.57. The standard InChI is InChI=1S/C15H25N3O2/c1-10(2)12-7-11(8-13(16-5)18-12)14(19)17-9-15(3,4)20-6/h7-8,10H,9H2,1-6H3,(H,16,18)(H,17,19). The van der Waals surface area contributed by atoms with Crippen molar-refractivity contribution in [3.8, 4) is 0 Å². The normalized spacial score (nSPS) is 11.6. The molecule has 112 valence electrons. The molecule has 0 spiro atoms. The van der Waals surface area contributed by atoms with Gasteiger partial charge in [0.05, 0.1) is 5.60 Å². The predicted octanol–water partition coefficient (Wildman–Crippen LogP) is 2.40. The maximum Gasteiger partial charge on any atom is 0.251 e. The van der Waals surface area contributed by atoms with Crippen molar-refractivity contribution in [2.45, 2.75) is 39.2 Å². The van der Waals surface area contributed by atoms with Crippen LogP contribution in [-0.4, -0.2) is 37.2 Å². The second-order valence-electron chi connectivity index (χ2n) is 5.72. The minimum Gasteiger partial charge on any atom is -0.377 e. The van der Waals surface area contributed by atoms with Gasteiger partial charge in [0.1, 0.15) is 5.82 Å². The van der Waals surface area contributed by atoms with E-state index < -0.39 is 0 Å². The van der Waals surface area contributed by atoms with Crippen LogP contribution < -0.4 is 10.6 Å². The van der Waals surface area contributed by atoms with E-state index in [1.807, 2.05) is 19.9 Å². The Morgan fingerprint density at radius 1 is 1.40 bits per heavy atom. The molecule has 1 rings (SSSR count). The largest absolute Gasteiger partial charge is 0.377 e. The van der Waals surface area contributed by atoms with Crippen LogP contribution in [0.25, 0.3) is 0 Å². The summed E-state index contributed by atoms with van der Waals surface area (Å²) in [5, 5.41) is 5.87. The highest BCUT2D eigenvalue weighted by molar-refractivity contribution is 5.95. The number of ether oxygens (including phenoxy) is 1. The Morgan fingerprint density at radius 3 is 2.55 bits per heavy atom. The predicted molar refractivity (Wildman–Crippen MR) is 81.3 cm³/mol. The summed E-state index contributed by atoms with van der Waals surface area (Å²) < 4.78 is 5.29. The first-order valence-electron chi connectivity index (χ1n) is 6.82. The molecule has 0 saturated heterocycles. The molecule has 0 radical (unpaired) electrons. The van der Waals surface area contributed by atoms with Crippen LogP contribution in [0.4, 0.5) is 5.82 Å². The Balaban J connectivity index is 2.89. The Kier molecular flexibility index (Phi) is 5.51. The number of nitrogens with one attached hydrogen (secondary N) is 2. The molecule has 5 nitrogen and oxygen atoms in total. The molecule has 0 aliphatic rings. The number of hydrogen-bond acceptors (Lipinski definition) is 4. The maximum absolute atomic E-state index is 12.2. The molecule has 1 amide bonds. The van der Waals surface area contributed by atoms with Gasteiger partial charge in [0.2, 0.25) is 0 Å². The van der Waals surface area contributed by atoms with E-state index in [2.05, 4.69) is 29.5 Å². The Morgan fingerprint density at radius 2 is 2.05 bits per heavy atom. The van der Waals surface area contributed by atoms with Crippen molar-refractivity contribution in [3.05, 3.63) is 23.4 Å². The van der Waals surface area contributed by atoms with Crippen LogP contribution in [0.3, 0.4) is 0 Å². The van der Waals surface area contributed by atoms with E-state index in [1.165, 1.54) is 0 Å². The van der Waals surface area contributed by atoms with Gasteiger partial charge < -0.3 is 15.4 Å². The Labute approximate surface area is 121 Å². The SMILES string of the molecule is CNc1cc(C(=O)NCC(C)(C)OC)cc(C(C)C)n1. The lowest BCUT2D eigenvalue weighted by molar-refractivity contribution is 0.0229. The number of aromatic nitrogens is 1. The van der Waals surface area contributed by atoms with Gasteiger partial charge in [-0.2, -0.15) is 0 Å². The highest BCUT2D eigenvalue weighted by atomic mass is 16.5. The van der Waals surface area contributed by atoms with Crippen LogP contribution in [0.15, 0.2) is 12.1 Å². The minimum absolute atomic E-state index is 0.115. The molecule has 1 aromatic heterocycles. The highest BCUT2D eigenvalue weighted by Crippen LogP contribution is 2.17. The molecule has 2 N–H and O–H groups in total. The summed E-state index contributed by atoms with van der Waals surface area (Å²) >= 11 is 0. The highest BCUT2D eigenvalue weighted by Gasteiger charge is 2.18. The zero-order chi connectivity index (χ0) is 15.3. The van der Waals surface area contributed by atoms with Crippen LogP contribution in [0.2, 0.25) is 0 Å². The van der Waals surface area contributed by atoms with Crippen molar-refractivity contribution in [1.82, 2.24) is 10.3 Å².